The number of nitrogens with one attached hydrogen (secondary N) is 1. The number of aliphatic carboxylic acids is 1. The summed E-state index contributed by atoms with van der Waals surface area (Å²) in [6, 6.07) is 3.53. The number of hydrogen-bond donors (Lipinski definition) is 2. The van der Waals surface area contributed by atoms with Crippen LogP contribution in [0.1, 0.15) is 5.56 Å². The average molecular weight is 273 g/mol. The van der Waals surface area contributed by atoms with Crippen LogP contribution in [0.3, 0.4) is 0 Å². The molecule has 2 rings (SSSR count). The van der Waals surface area contributed by atoms with E-state index >= 15 is 0 Å². The molecule has 1 heterocycles. The maximum atomic E-state index is 13.2. The number of benzene rings is 1. The molecule has 98 valence electrons. The number of carboxylic acid groups (broad SMARTS) is 1. The zero-order valence-corrected chi connectivity index (χ0v) is 10.5. The number of hydrogen-bond acceptors (Lipinski definition) is 3. The first kappa shape index (κ1) is 13.3. The minimum Gasteiger partial charge on any atom is -0.480 e. The third-order valence-electron chi connectivity index (χ3n) is 3.02. The van der Waals surface area contributed by atoms with Gasteiger partial charge in [-0.05, 0) is 23.8 Å². The number of carboxylic acids is 1. The number of halogens is 2. The summed E-state index contributed by atoms with van der Waals surface area (Å²) in [7, 11) is 0. The number of rotatable bonds is 3. The first-order valence-electron chi connectivity index (χ1n) is 5.69. The van der Waals surface area contributed by atoms with Gasteiger partial charge in [0.25, 0.3) is 0 Å². The van der Waals surface area contributed by atoms with Gasteiger partial charge < -0.3 is 10.4 Å². The molecule has 0 amide bonds. The van der Waals surface area contributed by atoms with Gasteiger partial charge in [-0.1, -0.05) is 11.6 Å². The summed E-state index contributed by atoms with van der Waals surface area (Å²) in [6.07, 6.45) is 0. The third kappa shape index (κ3) is 2.98. The fraction of sp³-hybridized carbons (Fsp3) is 0.417. The molecule has 0 spiro atoms. The molecule has 1 unspecified atom stereocenters. The molecular weight excluding hydrogens is 259 g/mol. The Morgan fingerprint density at radius 3 is 3.11 bits per heavy atom. The zero-order valence-electron chi connectivity index (χ0n) is 9.70. The summed E-state index contributed by atoms with van der Waals surface area (Å²) < 4.78 is 13.2. The summed E-state index contributed by atoms with van der Waals surface area (Å²) in [4.78, 5) is 12.9. The molecule has 0 radical (unpaired) electrons. The minimum absolute atomic E-state index is 0.342. The fourth-order valence-corrected chi connectivity index (χ4v) is 2.24. The maximum absolute atomic E-state index is 13.2. The van der Waals surface area contributed by atoms with Crippen molar-refractivity contribution in [3.63, 3.8) is 0 Å². The molecule has 0 aliphatic carbocycles. The van der Waals surface area contributed by atoms with Crippen molar-refractivity contribution in [2.75, 3.05) is 19.6 Å². The van der Waals surface area contributed by atoms with Crippen LogP contribution >= 0.6 is 11.6 Å². The lowest BCUT2D eigenvalue weighted by molar-refractivity contribution is -0.144. The van der Waals surface area contributed by atoms with E-state index < -0.39 is 12.0 Å². The highest BCUT2D eigenvalue weighted by Gasteiger charge is 2.28. The minimum atomic E-state index is -0.880. The normalized spacial score (nSPS) is 20.9. The van der Waals surface area contributed by atoms with Crippen LogP contribution in [0.15, 0.2) is 18.2 Å². The highest BCUT2D eigenvalue weighted by Crippen LogP contribution is 2.20. The van der Waals surface area contributed by atoms with E-state index in [9.17, 15) is 9.18 Å². The van der Waals surface area contributed by atoms with Gasteiger partial charge in [0, 0.05) is 31.2 Å². The van der Waals surface area contributed by atoms with E-state index in [1.165, 1.54) is 18.2 Å². The molecule has 2 N–H and O–H groups in total. The van der Waals surface area contributed by atoms with Crippen molar-refractivity contribution >= 4 is 17.6 Å². The van der Waals surface area contributed by atoms with Gasteiger partial charge in [-0.3, -0.25) is 9.69 Å². The predicted molar refractivity (Wildman–Crippen MR) is 66.1 cm³/mol. The molecule has 18 heavy (non-hydrogen) atoms. The fourth-order valence-electron chi connectivity index (χ4n) is 2.06. The highest BCUT2D eigenvalue weighted by atomic mass is 35.5. The summed E-state index contributed by atoms with van der Waals surface area (Å²) in [6.45, 7) is 2.05. The molecule has 0 bridgehead atoms. The Morgan fingerprint density at radius 2 is 2.39 bits per heavy atom. The van der Waals surface area contributed by atoms with E-state index in [1.807, 2.05) is 0 Å². The molecule has 1 aromatic carbocycles. The van der Waals surface area contributed by atoms with Gasteiger partial charge in [-0.2, -0.15) is 0 Å². The lowest BCUT2D eigenvalue weighted by Gasteiger charge is -2.33. The van der Waals surface area contributed by atoms with Crippen LogP contribution in [0, 0.1) is 5.82 Å². The van der Waals surface area contributed by atoms with Gasteiger partial charge in [0.1, 0.15) is 11.9 Å². The van der Waals surface area contributed by atoms with Crippen molar-refractivity contribution in [2.24, 2.45) is 0 Å². The molecule has 1 atom stereocenters. The van der Waals surface area contributed by atoms with Gasteiger partial charge in [-0.25, -0.2) is 4.39 Å². The highest BCUT2D eigenvalue weighted by molar-refractivity contribution is 6.31. The van der Waals surface area contributed by atoms with Crippen molar-refractivity contribution in [3.05, 3.63) is 34.6 Å². The molecular formula is C12H14ClFN2O2. The molecule has 1 aliphatic rings. The standard InChI is InChI=1S/C12H14ClFN2O2/c13-10-2-1-9(14)5-8(10)7-16-4-3-15-6-11(16)12(17)18/h1-2,5,11,15H,3-4,6-7H2,(H,17,18). The van der Waals surface area contributed by atoms with Gasteiger partial charge in [0.2, 0.25) is 0 Å². The topological polar surface area (TPSA) is 52.6 Å². The van der Waals surface area contributed by atoms with Crippen LogP contribution < -0.4 is 5.32 Å². The van der Waals surface area contributed by atoms with Crippen LogP contribution in [0.5, 0.6) is 0 Å². The summed E-state index contributed by atoms with van der Waals surface area (Å²) in [5, 5.41) is 12.6. The molecule has 0 aromatic heterocycles. The molecule has 1 aliphatic heterocycles. The first-order chi connectivity index (χ1) is 8.58. The van der Waals surface area contributed by atoms with Crippen LogP contribution in [-0.4, -0.2) is 41.7 Å². The Kier molecular flexibility index (Phi) is 4.16. The van der Waals surface area contributed by atoms with E-state index in [4.69, 9.17) is 16.7 Å². The van der Waals surface area contributed by atoms with E-state index in [1.54, 1.807) is 4.90 Å². The largest absolute Gasteiger partial charge is 0.480 e. The molecule has 1 saturated heterocycles. The van der Waals surface area contributed by atoms with Crippen LogP contribution in [-0.2, 0) is 11.3 Å². The van der Waals surface area contributed by atoms with Gasteiger partial charge in [-0.15, -0.1) is 0 Å². The quantitative estimate of drug-likeness (QED) is 0.872. The Balaban J connectivity index is 2.15. The van der Waals surface area contributed by atoms with Gasteiger partial charge >= 0.3 is 5.97 Å². The lowest BCUT2D eigenvalue weighted by Crippen LogP contribution is -2.54. The monoisotopic (exact) mass is 272 g/mol. The van der Waals surface area contributed by atoms with Crippen LogP contribution in [0.2, 0.25) is 5.02 Å². The van der Waals surface area contributed by atoms with Crippen molar-refractivity contribution in [1.29, 1.82) is 0 Å². The smallest absolute Gasteiger partial charge is 0.322 e. The Bertz CT molecular complexity index is 456. The predicted octanol–water partition coefficient (Wildman–Crippen LogP) is 1.34. The number of nitrogens with zero attached hydrogens (tertiary/aromatic N) is 1. The van der Waals surface area contributed by atoms with E-state index in [2.05, 4.69) is 5.32 Å². The first-order valence-corrected chi connectivity index (χ1v) is 6.07. The van der Waals surface area contributed by atoms with E-state index in [-0.39, 0.29) is 5.82 Å². The molecule has 0 saturated carbocycles. The van der Waals surface area contributed by atoms with E-state index in [0.29, 0.717) is 30.2 Å². The Morgan fingerprint density at radius 1 is 1.61 bits per heavy atom. The number of piperazine rings is 1. The third-order valence-corrected chi connectivity index (χ3v) is 3.39. The molecule has 6 heteroatoms. The van der Waals surface area contributed by atoms with E-state index in [0.717, 1.165) is 6.54 Å². The lowest BCUT2D eigenvalue weighted by atomic mass is 10.1. The summed E-state index contributed by atoms with van der Waals surface area (Å²) in [5.41, 5.74) is 0.616. The van der Waals surface area contributed by atoms with Crippen molar-refractivity contribution < 1.29 is 14.3 Å². The Hall–Kier alpha value is -1.17. The van der Waals surface area contributed by atoms with Crippen LogP contribution in [0.4, 0.5) is 4.39 Å². The molecule has 1 aromatic rings. The molecule has 1 fully saturated rings. The summed E-state index contributed by atoms with van der Waals surface area (Å²) >= 11 is 5.99. The van der Waals surface area contributed by atoms with Crippen molar-refractivity contribution in [1.82, 2.24) is 10.2 Å². The second-order valence-corrected chi connectivity index (χ2v) is 4.67. The Labute approximate surface area is 109 Å². The summed E-state index contributed by atoms with van der Waals surface area (Å²) in [5.74, 6) is -1.24. The van der Waals surface area contributed by atoms with Crippen LogP contribution in [0.25, 0.3) is 0 Å². The second-order valence-electron chi connectivity index (χ2n) is 4.26. The van der Waals surface area contributed by atoms with Crippen molar-refractivity contribution in [3.8, 4) is 0 Å². The van der Waals surface area contributed by atoms with Crippen molar-refractivity contribution in [2.45, 2.75) is 12.6 Å². The van der Waals surface area contributed by atoms with Gasteiger partial charge in [0.05, 0.1) is 0 Å². The second kappa shape index (κ2) is 5.65. The maximum Gasteiger partial charge on any atom is 0.322 e. The zero-order chi connectivity index (χ0) is 13.1. The number of carbonyl (C=O) groups is 1. The van der Waals surface area contributed by atoms with Gasteiger partial charge in [0.15, 0.2) is 0 Å². The molecule has 4 nitrogen and oxygen atoms in total. The SMILES string of the molecule is O=C(O)C1CNCCN1Cc1cc(F)ccc1Cl. The average Bonchev–Trinajstić information content (AvgIpc) is 2.34.